The van der Waals surface area contributed by atoms with Crippen LogP contribution in [0.1, 0.15) is 39.5 Å². The van der Waals surface area contributed by atoms with Crippen LogP contribution in [-0.4, -0.2) is 24.5 Å². The van der Waals surface area contributed by atoms with Gasteiger partial charge in [-0.1, -0.05) is 20.3 Å². The Balaban J connectivity index is 0. The van der Waals surface area contributed by atoms with Gasteiger partial charge in [0.2, 0.25) is 0 Å². The normalized spacial score (nSPS) is 28.8. The second kappa shape index (κ2) is 9.97. The molecule has 0 bridgehead atoms. The van der Waals surface area contributed by atoms with Crippen LogP contribution in [0.25, 0.3) is 0 Å². The average Bonchev–Trinajstić information content (AvgIpc) is 2.78. The molecule has 1 nitrogen and oxygen atoms in total. The summed E-state index contributed by atoms with van der Waals surface area (Å²) in [5.41, 5.74) is 0. The molecule has 0 spiro atoms. The first-order chi connectivity index (χ1) is 6.38. The van der Waals surface area contributed by atoms with E-state index < -0.39 is 0 Å². The lowest BCUT2D eigenvalue weighted by molar-refractivity contribution is 0.294. The van der Waals surface area contributed by atoms with Crippen molar-refractivity contribution in [1.82, 2.24) is 4.90 Å². The predicted molar refractivity (Wildman–Crippen MR) is 76.4 cm³/mol. The highest BCUT2D eigenvalue weighted by molar-refractivity contribution is 14.0. The van der Waals surface area contributed by atoms with Crippen LogP contribution < -0.4 is 0 Å². The van der Waals surface area contributed by atoms with Gasteiger partial charge in [-0.15, -0.1) is 37.1 Å². The summed E-state index contributed by atoms with van der Waals surface area (Å²) >= 11 is 0. The second-order valence-electron chi connectivity index (χ2n) is 3.53. The Morgan fingerprint density at radius 1 is 1.07 bits per heavy atom. The van der Waals surface area contributed by atoms with Crippen molar-refractivity contribution in [2.75, 3.05) is 13.6 Å². The quantitative estimate of drug-likeness (QED) is 0.484. The Morgan fingerprint density at radius 3 is 2.14 bits per heavy atom. The Kier molecular flexibility index (Phi) is 12.0. The first kappa shape index (κ1) is 16.8. The summed E-state index contributed by atoms with van der Waals surface area (Å²) in [4.78, 5) is 2.54. The molecule has 0 aromatic heterocycles. The first-order valence-corrected chi connectivity index (χ1v) is 5.58. The highest BCUT2D eigenvalue weighted by Gasteiger charge is 2.34. The minimum atomic E-state index is 0. The van der Waals surface area contributed by atoms with Crippen molar-refractivity contribution in [3.05, 3.63) is 13.2 Å². The number of likely N-dealkylation sites (tertiary alicyclic amines) is 1. The molecule has 0 N–H and O–H groups in total. The zero-order valence-corrected chi connectivity index (χ0v) is 12.3. The van der Waals surface area contributed by atoms with E-state index in [9.17, 15) is 0 Å². The molecule has 2 fully saturated rings. The van der Waals surface area contributed by atoms with Crippen LogP contribution in [-0.2, 0) is 0 Å². The van der Waals surface area contributed by atoms with E-state index in [1.807, 2.05) is 13.8 Å². The molecule has 0 aromatic rings. The topological polar surface area (TPSA) is 3.24 Å². The van der Waals surface area contributed by atoms with Crippen molar-refractivity contribution < 1.29 is 0 Å². The minimum absolute atomic E-state index is 0. The third-order valence-electron chi connectivity index (χ3n) is 3.04. The van der Waals surface area contributed by atoms with E-state index in [-0.39, 0.29) is 24.0 Å². The number of hydrogen-bond donors (Lipinski definition) is 0. The molecule has 2 atom stereocenters. The molecule has 1 aliphatic carbocycles. The standard InChI is InChI=1S/C8H15N.C2H6.C2H4.HI/c1-9-6-5-7-3-2-4-8(7)9;2*1-2;/h7-8H,2-6H2,1H3;1-2H3;1-2H2;1H/t7-,8-;;;/m0.../s1. The molecule has 2 aliphatic rings. The van der Waals surface area contributed by atoms with E-state index in [2.05, 4.69) is 25.1 Å². The SMILES string of the molecule is C=C.CC.CN1CC[C@@H]2CCC[C@@H]21.I. The van der Waals surface area contributed by atoms with E-state index in [4.69, 9.17) is 0 Å². The fraction of sp³-hybridized carbons (Fsp3) is 0.833. The zero-order chi connectivity index (χ0) is 10.3. The third kappa shape index (κ3) is 4.30. The van der Waals surface area contributed by atoms with Crippen molar-refractivity contribution in [3.8, 4) is 0 Å². The summed E-state index contributed by atoms with van der Waals surface area (Å²) in [6.07, 6.45) is 5.94. The van der Waals surface area contributed by atoms with Crippen LogP contribution in [0.3, 0.4) is 0 Å². The van der Waals surface area contributed by atoms with Crippen LogP contribution in [0.15, 0.2) is 13.2 Å². The summed E-state index contributed by atoms with van der Waals surface area (Å²) in [6.45, 7) is 11.4. The van der Waals surface area contributed by atoms with Crippen molar-refractivity contribution >= 4 is 24.0 Å². The molecule has 2 rings (SSSR count). The highest BCUT2D eigenvalue weighted by Crippen LogP contribution is 2.36. The summed E-state index contributed by atoms with van der Waals surface area (Å²) < 4.78 is 0. The third-order valence-corrected chi connectivity index (χ3v) is 3.04. The molecule has 1 aliphatic heterocycles. The molecular weight excluding hydrogens is 285 g/mol. The maximum absolute atomic E-state index is 3.00. The van der Waals surface area contributed by atoms with Gasteiger partial charge in [-0.3, -0.25) is 0 Å². The summed E-state index contributed by atoms with van der Waals surface area (Å²) in [5, 5.41) is 0. The fourth-order valence-corrected chi connectivity index (χ4v) is 2.47. The second-order valence-corrected chi connectivity index (χ2v) is 3.53. The van der Waals surface area contributed by atoms with Crippen LogP contribution in [0.4, 0.5) is 0 Å². The molecule has 1 heterocycles. The van der Waals surface area contributed by atoms with Crippen molar-refractivity contribution in [1.29, 1.82) is 0 Å². The Labute approximate surface area is 107 Å². The number of fused-ring (bicyclic) bond motifs is 1. The average molecular weight is 311 g/mol. The van der Waals surface area contributed by atoms with E-state index in [1.54, 1.807) is 0 Å². The summed E-state index contributed by atoms with van der Waals surface area (Å²) in [6, 6.07) is 0.977. The van der Waals surface area contributed by atoms with E-state index in [0.29, 0.717) is 0 Å². The van der Waals surface area contributed by atoms with Gasteiger partial charge in [-0.2, -0.15) is 0 Å². The van der Waals surface area contributed by atoms with Crippen LogP contribution in [0.2, 0.25) is 0 Å². The maximum Gasteiger partial charge on any atom is 0.0121 e. The van der Waals surface area contributed by atoms with Crippen molar-refractivity contribution in [3.63, 3.8) is 0 Å². The van der Waals surface area contributed by atoms with E-state index in [0.717, 1.165) is 12.0 Å². The Bertz CT molecular complexity index is 127. The van der Waals surface area contributed by atoms with Gasteiger partial charge in [0.15, 0.2) is 0 Å². The molecular formula is C12H26IN. The molecule has 0 unspecified atom stereocenters. The summed E-state index contributed by atoms with van der Waals surface area (Å²) in [5.74, 6) is 1.08. The van der Waals surface area contributed by atoms with E-state index >= 15 is 0 Å². The van der Waals surface area contributed by atoms with Gasteiger partial charge in [0.25, 0.3) is 0 Å². The van der Waals surface area contributed by atoms with Gasteiger partial charge in [-0.05, 0) is 38.8 Å². The number of hydrogen-bond acceptors (Lipinski definition) is 1. The Hall–Kier alpha value is 0.430. The van der Waals surface area contributed by atoms with Gasteiger partial charge in [0, 0.05) is 6.04 Å². The smallest absolute Gasteiger partial charge is 0.0121 e. The molecule has 14 heavy (non-hydrogen) atoms. The van der Waals surface area contributed by atoms with Crippen LogP contribution in [0, 0.1) is 5.92 Å². The Morgan fingerprint density at radius 2 is 1.64 bits per heavy atom. The molecule has 1 saturated heterocycles. The lowest BCUT2D eigenvalue weighted by Crippen LogP contribution is -2.25. The molecule has 0 aromatic carbocycles. The van der Waals surface area contributed by atoms with Crippen molar-refractivity contribution in [2.24, 2.45) is 5.92 Å². The van der Waals surface area contributed by atoms with E-state index in [1.165, 1.54) is 32.2 Å². The maximum atomic E-state index is 3.00. The summed E-state index contributed by atoms with van der Waals surface area (Å²) in [7, 11) is 2.27. The van der Waals surface area contributed by atoms with Gasteiger partial charge < -0.3 is 4.90 Å². The number of nitrogens with zero attached hydrogens (tertiary/aromatic N) is 1. The molecule has 1 saturated carbocycles. The van der Waals surface area contributed by atoms with Crippen LogP contribution in [0.5, 0.6) is 0 Å². The predicted octanol–water partition coefficient (Wildman–Crippen LogP) is 3.94. The fourth-order valence-electron chi connectivity index (χ4n) is 2.47. The molecule has 2 heteroatoms. The zero-order valence-electron chi connectivity index (χ0n) is 9.96. The largest absolute Gasteiger partial charge is 0.303 e. The molecule has 86 valence electrons. The van der Waals surface area contributed by atoms with Crippen molar-refractivity contribution in [2.45, 2.75) is 45.6 Å². The highest BCUT2D eigenvalue weighted by atomic mass is 127. The lowest BCUT2D eigenvalue weighted by atomic mass is 10.1. The number of rotatable bonds is 0. The first-order valence-electron chi connectivity index (χ1n) is 5.58. The van der Waals surface area contributed by atoms with Gasteiger partial charge >= 0.3 is 0 Å². The van der Waals surface area contributed by atoms with Gasteiger partial charge in [-0.25, -0.2) is 0 Å². The lowest BCUT2D eigenvalue weighted by Gasteiger charge is -2.16. The minimum Gasteiger partial charge on any atom is -0.303 e. The monoisotopic (exact) mass is 311 g/mol. The molecule has 0 radical (unpaired) electrons. The van der Waals surface area contributed by atoms with Gasteiger partial charge in [0.05, 0.1) is 0 Å². The number of halogens is 1. The van der Waals surface area contributed by atoms with Crippen LogP contribution >= 0.6 is 24.0 Å². The van der Waals surface area contributed by atoms with Gasteiger partial charge in [0.1, 0.15) is 0 Å². The molecule has 0 amide bonds.